The quantitative estimate of drug-likeness (QED) is 0.775. The van der Waals surface area contributed by atoms with Crippen molar-refractivity contribution >= 4 is 5.69 Å². The van der Waals surface area contributed by atoms with Gasteiger partial charge in [0.05, 0.1) is 0 Å². The van der Waals surface area contributed by atoms with Gasteiger partial charge < -0.3 is 9.84 Å². The highest BCUT2D eigenvalue weighted by atomic mass is 16.5. The second-order valence-electron chi connectivity index (χ2n) is 5.33. The number of aryl methyl sites for hydroxylation is 1. The topological polar surface area (TPSA) is 51.0 Å². The zero-order valence-corrected chi connectivity index (χ0v) is 11.7. The molecule has 0 fully saturated rings. The Labute approximate surface area is 122 Å². The van der Waals surface area contributed by atoms with Crippen LogP contribution in [0.25, 0.3) is 11.4 Å². The standard InChI is InChI=1S/C17H15N3O/c1-11-6-2-4-8-13(11)16-19-17(21-20-16)15-10-12-7-3-5-9-14(12)18-15/h2-9,15,18H,10H2,1H3/t15-/m0/s1. The Morgan fingerprint density at radius 3 is 2.76 bits per heavy atom. The molecule has 0 saturated carbocycles. The van der Waals surface area contributed by atoms with Gasteiger partial charge in [0.25, 0.3) is 0 Å². The fourth-order valence-corrected chi connectivity index (χ4v) is 2.76. The van der Waals surface area contributed by atoms with Crippen LogP contribution >= 0.6 is 0 Å². The molecule has 2 aromatic carbocycles. The van der Waals surface area contributed by atoms with Crippen LogP contribution in [-0.2, 0) is 6.42 Å². The molecule has 104 valence electrons. The van der Waals surface area contributed by atoms with Gasteiger partial charge in [-0.2, -0.15) is 4.98 Å². The largest absolute Gasteiger partial charge is 0.373 e. The van der Waals surface area contributed by atoms with Crippen LogP contribution in [0.3, 0.4) is 0 Å². The monoisotopic (exact) mass is 277 g/mol. The molecule has 21 heavy (non-hydrogen) atoms. The third kappa shape index (κ3) is 2.09. The number of hydrogen-bond acceptors (Lipinski definition) is 4. The van der Waals surface area contributed by atoms with Gasteiger partial charge in [-0.15, -0.1) is 0 Å². The highest BCUT2D eigenvalue weighted by molar-refractivity contribution is 5.60. The van der Waals surface area contributed by atoms with Crippen molar-refractivity contribution in [2.45, 2.75) is 19.4 Å². The zero-order valence-electron chi connectivity index (χ0n) is 11.7. The SMILES string of the molecule is Cc1ccccc1-c1noc([C@@H]2Cc3ccccc3N2)n1. The highest BCUT2D eigenvalue weighted by Gasteiger charge is 2.26. The summed E-state index contributed by atoms with van der Waals surface area (Å²) in [7, 11) is 0. The molecule has 1 N–H and O–H groups in total. The molecule has 0 saturated heterocycles. The van der Waals surface area contributed by atoms with E-state index >= 15 is 0 Å². The lowest BCUT2D eigenvalue weighted by molar-refractivity contribution is 0.364. The van der Waals surface area contributed by atoms with E-state index in [0.29, 0.717) is 11.7 Å². The summed E-state index contributed by atoms with van der Waals surface area (Å²) in [5.41, 5.74) is 4.60. The van der Waals surface area contributed by atoms with Crippen molar-refractivity contribution in [2.24, 2.45) is 0 Å². The number of anilines is 1. The van der Waals surface area contributed by atoms with Gasteiger partial charge in [-0.25, -0.2) is 0 Å². The van der Waals surface area contributed by atoms with E-state index in [9.17, 15) is 0 Å². The Morgan fingerprint density at radius 2 is 1.90 bits per heavy atom. The molecule has 1 aliphatic heterocycles. The molecule has 0 spiro atoms. The van der Waals surface area contributed by atoms with Crippen LogP contribution in [0.5, 0.6) is 0 Å². The second-order valence-corrected chi connectivity index (χ2v) is 5.33. The number of aromatic nitrogens is 2. The van der Waals surface area contributed by atoms with E-state index in [1.54, 1.807) is 0 Å². The first kappa shape index (κ1) is 12.1. The summed E-state index contributed by atoms with van der Waals surface area (Å²) in [6.07, 6.45) is 0.881. The van der Waals surface area contributed by atoms with Crippen molar-refractivity contribution < 1.29 is 4.52 Å². The molecule has 4 rings (SSSR count). The Balaban J connectivity index is 1.63. The molecule has 3 aromatic rings. The van der Waals surface area contributed by atoms with Crippen LogP contribution in [0.2, 0.25) is 0 Å². The number of para-hydroxylation sites is 1. The van der Waals surface area contributed by atoms with Crippen LogP contribution in [0.15, 0.2) is 53.1 Å². The second kappa shape index (κ2) is 4.74. The molecule has 4 heteroatoms. The van der Waals surface area contributed by atoms with E-state index in [1.807, 2.05) is 24.3 Å². The Kier molecular flexibility index (Phi) is 2.74. The number of nitrogens with one attached hydrogen (secondary N) is 1. The first-order valence-electron chi connectivity index (χ1n) is 7.05. The third-order valence-corrected chi connectivity index (χ3v) is 3.90. The van der Waals surface area contributed by atoms with Gasteiger partial charge in [-0.3, -0.25) is 0 Å². The molecule has 0 radical (unpaired) electrons. The van der Waals surface area contributed by atoms with E-state index in [1.165, 1.54) is 5.56 Å². The van der Waals surface area contributed by atoms with Crippen molar-refractivity contribution in [1.29, 1.82) is 0 Å². The predicted octanol–water partition coefficient (Wildman–Crippen LogP) is 3.75. The zero-order chi connectivity index (χ0) is 14.2. The summed E-state index contributed by atoms with van der Waals surface area (Å²) in [5, 5.41) is 7.56. The van der Waals surface area contributed by atoms with E-state index < -0.39 is 0 Å². The van der Waals surface area contributed by atoms with Crippen molar-refractivity contribution in [3.63, 3.8) is 0 Å². The minimum absolute atomic E-state index is 0.0627. The first-order chi connectivity index (χ1) is 10.3. The molecule has 4 nitrogen and oxygen atoms in total. The van der Waals surface area contributed by atoms with Gasteiger partial charge in [0.15, 0.2) is 0 Å². The fraction of sp³-hybridized carbons (Fsp3) is 0.176. The molecule has 2 heterocycles. The van der Waals surface area contributed by atoms with Crippen LogP contribution in [0, 0.1) is 6.92 Å². The van der Waals surface area contributed by atoms with Gasteiger partial charge in [0, 0.05) is 17.7 Å². The lowest BCUT2D eigenvalue weighted by Gasteiger charge is -2.04. The Hall–Kier alpha value is -2.62. The average molecular weight is 277 g/mol. The van der Waals surface area contributed by atoms with Gasteiger partial charge >= 0.3 is 0 Å². The molecule has 1 aromatic heterocycles. The molecule has 1 aliphatic rings. The predicted molar refractivity (Wildman–Crippen MR) is 81.0 cm³/mol. The highest BCUT2D eigenvalue weighted by Crippen LogP contribution is 2.33. The molecule has 0 aliphatic carbocycles. The number of nitrogens with zero attached hydrogens (tertiary/aromatic N) is 2. The smallest absolute Gasteiger partial charge is 0.249 e. The summed E-state index contributed by atoms with van der Waals surface area (Å²) >= 11 is 0. The number of rotatable bonds is 2. The summed E-state index contributed by atoms with van der Waals surface area (Å²) in [6.45, 7) is 2.05. The van der Waals surface area contributed by atoms with Gasteiger partial charge in [0.2, 0.25) is 11.7 Å². The maximum Gasteiger partial charge on any atom is 0.249 e. The fourth-order valence-electron chi connectivity index (χ4n) is 2.76. The minimum Gasteiger partial charge on any atom is -0.373 e. The number of fused-ring (bicyclic) bond motifs is 1. The number of benzene rings is 2. The molecule has 1 atom stereocenters. The molecule has 0 bridgehead atoms. The first-order valence-corrected chi connectivity index (χ1v) is 7.05. The van der Waals surface area contributed by atoms with Crippen molar-refractivity contribution in [3.8, 4) is 11.4 Å². The lowest BCUT2D eigenvalue weighted by Crippen LogP contribution is -2.05. The van der Waals surface area contributed by atoms with Gasteiger partial charge in [0.1, 0.15) is 6.04 Å². The van der Waals surface area contributed by atoms with Crippen LogP contribution in [0.1, 0.15) is 23.1 Å². The van der Waals surface area contributed by atoms with Crippen molar-refractivity contribution in [2.75, 3.05) is 5.32 Å². The van der Waals surface area contributed by atoms with E-state index in [4.69, 9.17) is 4.52 Å². The Morgan fingerprint density at radius 1 is 1.10 bits per heavy atom. The van der Waals surface area contributed by atoms with E-state index in [2.05, 4.69) is 46.6 Å². The van der Waals surface area contributed by atoms with Crippen LogP contribution in [0.4, 0.5) is 5.69 Å². The van der Waals surface area contributed by atoms with Gasteiger partial charge in [-0.05, 0) is 24.1 Å². The normalized spacial score (nSPS) is 16.5. The molecular formula is C17H15N3O. The van der Waals surface area contributed by atoms with Gasteiger partial charge in [-0.1, -0.05) is 47.6 Å². The van der Waals surface area contributed by atoms with Crippen LogP contribution in [-0.4, -0.2) is 10.1 Å². The van der Waals surface area contributed by atoms with Crippen molar-refractivity contribution in [1.82, 2.24) is 10.1 Å². The van der Waals surface area contributed by atoms with Crippen LogP contribution < -0.4 is 5.32 Å². The average Bonchev–Trinajstić information content (AvgIpc) is 3.14. The van der Waals surface area contributed by atoms with E-state index in [0.717, 1.165) is 23.2 Å². The summed E-state index contributed by atoms with van der Waals surface area (Å²) in [4.78, 5) is 4.57. The Bertz CT molecular complexity index is 769. The van der Waals surface area contributed by atoms with Crippen molar-refractivity contribution in [3.05, 3.63) is 65.5 Å². The lowest BCUT2D eigenvalue weighted by atomic mass is 10.1. The molecule has 0 amide bonds. The molecular weight excluding hydrogens is 262 g/mol. The maximum absolute atomic E-state index is 5.47. The minimum atomic E-state index is 0.0627. The summed E-state index contributed by atoms with van der Waals surface area (Å²) in [5.74, 6) is 1.30. The third-order valence-electron chi connectivity index (χ3n) is 3.90. The summed E-state index contributed by atoms with van der Waals surface area (Å²) < 4.78 is 5.47. The van der Waals surface area contributed by atoms with E-state index in [-0.39, 0.29) is 6.04 Å². The maximum atomic E-state index is 5.47. The summed E-state index contributed by atoms with van der Waals surface area (Å²) in [6, 6.07) is 16.4. The number of hydrogen-bond donors (Lipinski definition) is 1. The molecule has 0 unspecified atom stereocenters.